The number of halogens is 2. The number of hydrogen-bond donors (Lipinski definition) is 0. The lowest BCUT2D eigenvalue weighted by Crippen LogP contribution is -2.54. The monoisotopic (exact) mass is 807 g/mol. The molecule has 2 saturated heterocycles. The normalized spacial score (nSPS) is 19.4. The number of piperazine rings is 1. The maximum Gasteiger partial charge on any atom is 0.326 e. The fourth-order valence-corrected chi connectivity index (χ4v) is 9.32. The van der Waals surface area contributed by atoms with Crippen LogP contribution < -0.4 is 4.74 Å². The van der Waals surface area contributed by atoms with Crippen molar-refractivity contribution in [3.63, 3.8) is 0 Å². The highest BCUT2D eigenvalue weighted by atomic mass is 35.5. The Hall–Kier alpha value is -2.94. The number of amidine groups is 1. The molecule has 1 atom stereocenters. The number of benzene rings is 2. The zero-order valence-corrected chi connectivity index (χ0v) is 34.2. The summed E-state index contributed by atoms with van der Waals surface area (Å²) in [5.74, 6) is 0.745. The van der Waals surface area contributed by atoms with Crippen LogP contribution in [0.25, 0.3) is 0 Å². The van der Waals surface area contributed by atoms with E-state index in [0.717, 1.165) is 18.4 Å². The summed E-state index contributed by atoms with van der Waals surface area (Å²) in [4.78, 5) is 26.0. The average Bonchev–Trinajstić information content (AvgIpc) is 3.67. The van der Waals surface area contributed by atoms with Crippen LogP contribution in [0.3, 0.4) is 0 Å². The van der Waals surface area contributed by atoms with Gasteiger partial charge in [-0.1, -0.05) is 47.5 Å². The number of aliphatic imine (C=N–C) groups is 1. The van der Waals surface area contributed by atoms with Crippen molar-refractivity contribution >= 4 is 54.9 Å². The molecule has 0 bridgehead atoms. The van der Waals surface area contributed by atoms with Crippen LogP contribution in [0.1, 0.15) is 57.6 Å². The highest BCUT2D eigenvalue weighted by Gasteiger charge is 2.36. The van der Waals surface area contributed by atoms with Gasteiger partial charge in [-0.25, -0.2) is 21.6 Å². The molecule has 15 heteroatoms. The number of urea groups is 1. The van der Waals surface area contributed by atoms with Gasteiger partial charge in [-0.3, -0.25) is 14.8 Å². The third kappa shape index (κ3) is 10.9. The van der Waals surface area contributed by atoms with Crippen LogP contribution in [-0.2, 0) is 26.4 Å². The van der Waals surface area contributed by atoms with E-state index in [1.54, 1.807) is 40.1 Å². The van der Waals surface area contributed by atoms with Crippen molar-refractivity contribution in [2.75, 3.05) is 64.4 Å². The smallest absolute Gasteiger partial charge is 0.326 e. The minimum atomic E-state index is -3.83. The number of allylic oxidation sites excluding steroid dienone is 3. The third-order valence-corrected chi connectivity index (χ3v) is 13.4. The van der Waals surface area contributed by atoms with Gasteiger partial charge in [-0.2, -0.15) is 4.31 Å². The number of carbonyl (C=O) groups is 1. The predicted octanol–water partition coefficient (Wildman–Crippen LogP) is 6.42. The minimum Gasteiger partial charge on any atom is -0.493 e. The molecule has 1 unspecified atom stereocenters. The van der Waals surface area contributed by atoms with Crippen LogP contribution in [0.4, 0.5) is 4.79 Å². The number of ether oxygens (including phenoxy) is 1. The largest absolute Gasteiger partial charge is 0.493 e. The van der Waals surface area contributed by atoms with Crippen molar-refractivity contribution in [3.8, 4) is 5.75 Å². The molecule has 5 rings (SSSR count). The molecule has 290 valence electrons. The lowest BCUT2D eigenvalue weighted by Gasteiger charge is -2.39. The molecule has 3 aliphatic rings. The number of rotatable bonds is 13. The van der Waals surface area contributed by atoms with Gasteiger partial charge < -0.3 is 9.64 Å². The Morgan fingerprint density at radius 2 is 1.66 bits per heavy atom. The van der Waals surface area contributed by atoms with Crippen LogP contribution in [0.2, 0.25) is 5.02 Å². The Morgan fingerprint density at radius 3 is 2.26 bits per heavy atom. The zero-order valence-electron chi connectivity index (χ0n) is 31.0. The van der Waals surface area contributed by atoms with Gasteiger partial charge in [-0.15, -0.1) is 0 Å². The summed E-state index contributed by atoms with van der Waals surface area (Å²) in [6.07, 6.45) is 9.82. The summed E-state index contributed by atoms with van der Waals surface area (Å²) in [5.41, 5.74) is 0.429. The third-order valence-electron chi connectivity index (χ3n) is 9.92. The maximum absolute atomic E-state index is 14.9. The maximum atomic E-state index is 14.9. The molecular formula is C38H51Cl2N5O6S2. The number of sulfonamides is 1. The van der Waals surface area contributed by atoms with Crippen molar-refractivity contribution in [2.24, 2.45) is 10.9 Å². The molecule has 0 saturated carbocycles. The minimum absolute atomic E-state index is 0.0741. The molecule has 2 amide bonds. The van der Waals surface area contributed by atoms with Gasteiger partial charge in [0.2, 0.25) is 10.0 Å². The Kier molecular flexibility index (Phi) is 13.8. The van der Waals surface area contributed by atoms with E-state index in [1.807, 2.05) is 51.1 Å². The fraction of sp³-hybridized carbons (Fsp3) is 0.526. The SMILES string of the molecule is CCOc1ccc(S(=O)(=O)N2CCCC2)cc1C(=NC(C)(C)C1C=CC(Cl)=CC1)N(Cc1ccc(Cl)cc1)C(=O)N1CCN(CCCS(C)(=O)=O)CC1. The molecule has 2 heterocycles. The summed E-state index contributed by atoms with van der Waals surface area (Å²) in [5, 5.41) is 1.21. The van der Waals surface area contributed by atoms with Crippen LogP contribution in [0, 0.1) is 5.92 Å². The quantitative estimate of drug-likeness (QED) is 0.169. The molecule has 2 aromatic rings. The van der Waals surface area contributed by atoms with E-state index < -0.39 is 25.4 Å². The van der Waals surface area contributed by atoms with Gasteiger partial charge in [0.15, 0.2) is 0 Å². The second-order valence-electron chi connectivity index (χ2n) is 14.4. The van der Waals surface area contributed by atoms with Gasteiger partial charge in [0, 0.05) is 61.5 Å². The van der Waals surface area contributed by atoms with E-state index in [4.69, 9.17) is 32.9 Å². The average molecular weight is 809 g/mol. The van der Waals surface area contributed by atoms with Gasteiger partial charge in [0.1, 0.15) is 21.4 Å². The topological polar surface area (TPSA) is 120 Å². The van der Waals surface area contributed by atoms with Crippen LogP contribution in [-0.4, -0.2) is 118 Å². The Labute approximate surface area is 325 Å². The van der Waals surface area contributed by atoms with Crippen molar-refractivity contribution in [1.29, 1.82) is 0 Å². The second kappa shape index (κ2) is 17.7. The molecule has 53 heavy (non-hydrogen) atoms. The van der Waals surface area contributed by atoms with E-state index in [9.17, 15) is 21.6 Å². The Bertz CT molecular complexity index is 1920. The van der Waals surface area contributed by atoms with E-state index in [1.165, 1.54) is 10.6 Å². The highest BCUT2D eigenvalue weighted by molar-refractivity contribution is 7.90. The molecule has 1 aliphatic carbocycles. The van der Waals surface area contributed by atoms with Gasteiger partial charge in [0.05, 0.1) is 34.9 Å². The van der Waals surface area contributed by atoms with Crippen molar-refractivity contribution in [1.82, 2.24) is 19.0 Å². The number of hydrogen-bond acceptors (Lipinski definition) is 8. The van der Waals surface area contributed by atoms with Crippen molar-refractivity contribution in [3.05, 3.63) is 81.9 Å². The predicted molar refractivity (Wildman–Crippen MR) is 212 cm³/mol. The molecular weight excluding hydrogens is 757 g/mol. The van der Waals surface area contributed by atoms with E-state index in [2.05, 4.69) is 4.90 Å². The molecule has 2 aromatic carbocycles. The summed E-state index contributed by atoms with van der Waals surface area (Å²) in [7, 11) is -6.90. The number of carbonyl (C=O) groups excluding carboxylic acids is 1. The molecule has 11 nitrogen and oxygen atoms in total. The molecule has 2 fully saturated rings. The van der Waals surface area contributed by atoms with Gasteiger partial charge in [0.25, 0.3) is 0 Å². The van der Waals surface area contributed by atoms with E-state index >= 15 is 0 Å². The number of amides is 2. The lowest BCUT2D eigenvalue weighted by molar-refractivity contribution is 0.125. The molecule has 0 spiro atoms. The first kappa shape index (κ1) is 41.2. The standard InChI is InChI=1S/C38H51Cl2N5O6S2/c1-5-51-35-18-17-33(53(49,50)44-20-6-7-21-44)27-34(35)36(41-38(2,3)30-11-15-32(40)16-12-30)45(28-29-9-13-31(39)14-10-29)37(46)43-24-22-42(23-25-43)19-8-26-52(4,47)48/h9-11,13-18,27,30H,5-8,12,19-26,28H2,1-4H3. The highest BCUT2D eigenvalue weighted by Crippen LogP contribution is 2.35. The Morgan fingerprint density at radius 1 is 0.981 bits per heavy atom. The zero-order chi connectivity index (χ0) is 38.4. The first-order valence-corrected chi connectivity index (χ1v) is 22.4. The second-order valence-corrected chi connectivity index (χ2v) is 19.5. The van der Waals surface area contributed by atoms with Crippen LogP contribution >= 0.6 is 23.2 Å². The number of nitrogens with zero attached hydrogens (tertiary/aromatic N) is 5. The molecule has 0 N–H and O–H groups in total. The van der Waals surface area contributed by atoms with Crippen LogP contribution in [0.5, 0.6) is 5.75 Å². The van der Waals surface area contributed by atoms with Crippen molar-refractivity contribution < 1.29 is 26.4 Å². The van der Waals surface area contributed by atoms with Crippen molar-refractivity contribution in [2.45, 2.75) is 63.4 Å². The molecule has 0 aromatic heterocycles. The summed E-state index contributed by atoms with van der Waals surface area (Å²) < 4.78 is 59.0. The first-order chi connectivity index (χ1) is 25.1. The summed E-state index contributed by atoms with van der Waals surface area (Å²) in [6, 6.07) is 11.8. The van der Waals surface area contributed by atoms with Crippen LogP contribution in [0.15, 0.2) is 75.6 Å². The summed E-state index contributed by atoms with van der Waals surface area (Å²) in [6.45, 7) is 9.80. The fourth-order valence-electron chi connectivity index (χ4n) is 6.83. The van der Waals surface area contributed by atoms with E-state index in [0.29, 0.717) is 92.5 Å². The van der Waals surface area contributed by atoms with Gasteiger partial charge >= 0.3 is 6.03 Å². The van der Waals surface area contributed by atoms with E-state index in [-0.39, 0.29) is 29.1 Å². The number of sulfone groups is 1. The lowest BCUT2D eigenvalue weighted by atomic mass is 9.83. The molecule has 2 aliphatic heterocycles. The Balaban J connectivity index is 1.61. The first-order valence-electron chi connectivity index (χ1n) is 18.2. The summed E-state index contributed by atoms with van der Waals surface area (Å²) >= 11 is 12.6. The van der Waals surface area contributed by atoms with Gasteiger partial charge in [-0.05, 0) is 95.0 Å². The molecule has 0 radical (unpaired) electrons.